The van der Waals surface area contributed by atoms with Crippen molar-refractivity contribution in [3.8, 4) is 56.4 Å². The second-order valence-electron chi connectivity index (χ2n) is 14.0. The molecule has 56 heavy (non-hydrogen) atoms. The van der Waals surface area contributed by atoms with Gasteiger partial charge in [-0.05, 0) is 89.0 Å². The van der Waals surface area contributed by atoms with E-state index in [1.165, 1.54) is 38.1 Å². The quantitative estimate of drug-likeness (QED) is 0.172. The van der Waals surface area contributed by atoms with E-state index in [2.05, 4.69) is 187 Å². The van der Waals surface area contributed by atoms with E-state index in [1.807, 2.05) is 12.1 Å². The zero-order valence-corrected chi connectivity index (χ0v) is 30.2. The Bertz CT molecular complexity index is 3220. The van der Waals surface area contributed by atoms with Crippen LogP contribution in [0.5, 0.6) is 0 Å². The van der Waals surface area contributed by atoms with Crippen LogP contribution in [0, 0.1) is 0 Å². The summed E-state index contributed by atoms with van der Waals surface area (Å²) < 4.78 is 4.84. The lowest BCUT2D eigenvalue weighted by Gasteiger charge is -2.12. The average Bonchev–Trinajstić information content (AvgIpc) is 3.80. The van der Waals surface area contributed by atoms with Crippen LogP contribution in [0.4, 0.5) is 0 Å². The summed E-state index contributed by atoms with van der Waals surface area (Å²) in [6.07, 6.45) is 7.12. The van der Waals surface area contributed by atoms with Gasteiger partial charge in [0.1, 0.15) is 0 Å². The van der Waals surface area contributed by atoms with Crippen LogP contribution in [-0.2, 0) is 0 Å². The lowest BCUT2D eigenvalue weighted by molar-refractivity contribution is 1.17. The summed E-state index contributed by atoms with van der Waals surface area (Å²) in [5.41, 5.74) is 13.4. The molecule has 4 aromatic heterocycles. The van der Waals surface area contributed by atoms with Gasteiger partial charge in [0, 0.05) is 68.8 Å². The third kappa shape index (κ3) is 5.19. The van der Waals surface area contributed by atoms with Crippen molar-refractivity contribution in [1.82, 2.24) is 29.1 Å². The van der Waals surface area contributed by atoms with Crippen LogP contribution in [0.1, 0.15) is 0 Å². The van der Waals surface area contributed by atoms with Gasteiger partial charge in [-0.2, -0.15) is 0 Å². The number of nitrogens with zero attached hydrogens (tertiary/aromatic N) is 6. The van der Waals surface area contributed by atoms with E-state index < -0.39 is 0 Å². The maximum absolute atomic E-state index is 4.47. The van der Waals surface area contributed by atoms with Gasteiger partial charge in [-0.1, -0.05) is 103 Å². The third-order valence-corrected chi connectivity index (χ3v) is 10.8. The molecule has 0 saturated carbocycles. The van der Waals surface area contributed by atoms with Crippen LogP contribution in [0.2, 0.25) is 0 Å². The minimum Gasteiger partial charge on any atom is -0.309 e. The standard InChI is InChI=1S/C50H32N6/c1-3-15-44-41(13-1)42-25-26-46-47(48(42)56(44)40-23-19-34(20-24-40)36-10-6-12-38(32-36)50-53-29-8-30-54-50)43-14-2-4-16-45(43)55(46)39-21-17-33(18-22-39)35-9-5-11-37(31-35)49-51-27-7-28-52-49/h1-32H. The van der Waals surface area contributed by atoms with Crippen molar-refractivity contribution in [3.63, 3.8) is 0 Å². The summed E-state index contributed by atoms with van der Waals surface area (Å²) in [5.74, 6) is 1.44. The molecule has 7 aromatic carbocycles. The predicted molar refractivity (Wildman–Crippen MR) is 228 cm³/mol. The van der Waals surface area contributed by atoms with Crippen LogP contribution in [0.25, 0.3) is 100 Å². The Balaban J connectivity index is 1.06. The lowest BCUT2D eigenvalue weighted by atomic mass is 10.0. The molecule has 0 bridgehead atoms. The number of fused-ring (bicyclic) bond motifs is 7. The van der Waals surface area contributed by atoms with E-state index in [4.69, 9.17) is 0 Å². The summed E-state index contributed by atoms with van der Waals surface area (Å²) in [6.45, 7) is 0. The summed E-state index contributed by atoms with van der Waals surface area (Å²) in [5, 5.41) is 4.91. The molecule has 0 radical (unpaired) electrons. The summed E-state index contributed by atoms with van der Waals surface area (Å²) >= 11 is 0. The van der Waals surface area contributed by atoms with Crippen LogP contribution in [-0.4, -0.2) is 29.1 Å². The molecule has 0 N–H and O–H groups in total. The molecule has 0 atom stereocenters. The first-order valence-corrected chi connectivity index (χ1v) is 18.7. The minimum atomic E-state index is 0.722. The van der Waals surface area contributed by atoms with E-state index in [9.17, 15) is 0 Å². The number of benzene rings is 7. The van der Waals surface area contributed by atoms with Crippen molar-refractivity contribution in [2.45, 2.75) is 0 Å². The van der Waals surface area contributed by atoms with E-state index in [1.54, 1.807) is 24.8 Å². The summed E-state index contributed by atoms with van der Waals surface area (Å²) in [6, 6.07) is 60.4. The first kappa shape index (κ1) is 31.8. The molecule has 0 saturated heterocycles. The summed E-state index contributed by atoms with van der Waals surface area (Å²) in [4.78, 5) is 17.8. The molecule has 0 unspecified atom stereocenters. The topological polar surface area (TPSA) is 61.4 Å². The van der Waals surface area contributed by atoms with E-state index in [0.29, 0.717) is 0 Å². The first-order valence-electron chi connectivity index (χ1n) is 18.7. The van der Waals surface area contributed by atoms with Gasteiger partial charge >= 0.3 is 0 Å². The molecule has 0 spiro atoms. The second kappa shape index (κ2) is 13.0. The number of hydrogen-bond donors (Lipinski definition) is 0. The van der Waals surface area contributed by atoms with Crippen LogP contribution >= 0.6 is 0 Å². The molecular formula is C50H32N6. The molecule has 6 heteroatoms. The summed E-state index contributed by atoms with van der Waals surface area (Å²) in [7, 11) is 0. The van der Waals surface area contributed by atoms with Crippen molar-refractivity contribution in [1.29, 1.82) is 0 Å². The van der Waals surface area contributed by atoms with Crippen molar-refractivity contribution in [2.24, 2.45) is 0 Å². The fourth-order valence-corrected chi connectivity index (χ4v) is 8.23. The normalized spacial score (nSPS) is 11.6. The molecule has 11 rings (SSSR count). The van der Waals surface area contributed by atoms with E-state index >= 15 is 0 Å². The van der Waals surface area contributed by atoms with Gasteiger partial charge < -0.3 is 9.13 Å². The monoisotopic (exact) mass is 716 g/mol. The fourth-order valence-electron chi connectivity index (χ4n) is 8.23. The Morgan fingerprint density at radius 1 is 0.304 bits per heavy atom. The SMILES string of the molecule is c1cnc(-c2cccc(-c3ccc(-n4c5ccccc5c5c4ccc4c6ccccc6n(-c6ccc(-c7cccc(-c8ncccn8)c7)cc6)c45)cc3)c2)nc1. The highest BCUT2D eigenvalue weighted by Gasteiger charge is 2.21. The van der Waals surface area contributed by atoms with Crippen LogP contribution in [0.3, 0.4) is 0 Å². The van der Waals surface area contributed by atoms with Gasteiger partial charge in [-0.15, -0.1) is 0 Å². The number of aromatic nitrogens is 6. The average molecular weight is 717 g/mol. The Kier molecular flexibility index (Phi) is 7.38. The Morgan fingerprint density at radius 2 is 0.786 bits per heavy atom. The van der Waals surface area contributed by atoms with Crippen LogP contribution < -0.4 is 0 Å². The first-order chi connectivity index (χ1) is 27.8. The largest absolute Gasteiger partial charge is 0.309 e. The van der Waals surface area contributed by atoms with Crippen molar-refractivity contribution >= 4 is 43.6 Å². The van der Waals surface area contributed by atoms with Gasteiger partial charge in [0.2, 0.25) is 0 Å². The molecule has 262 valence electrons. The molecular weight excluding hydrogens is 685 g/mol. The Hall–Kier alpha value is -7.70. The molecule has 4 heterocycles. The molecule has 0 amide bonds. The maximum Gasteiger partial charge on any atom is 0.159 e. The molecule has 0 fully saturated rings. The maximum atomic E-state index is 4.47. The zero-order chi connectivity index (χ0) is 37.0. The molecule has 0 aliphatic rings. The number of hydrogen-bond acceptors (Lipinski definition) is 4. The predicted octanol–water partition coefficient (Wildman–Crippen LogP) is 12.1. The fraction of sp³-hybridized carbons (Fsp3) is 0. The van der Waals surface area contributed by atoms with Gasteiger partial charge in [0.15, 0.2) is 11.6 Å². The van der Waals surface area contributed by atoms with E-state index in [0.717, 1.165) is 61.9 Å². The van der Waals surface area contributed by atoms with Gasteiger partial charge in [0.25, 0.3) is 0 Å². The molecule has 0 aliphatic heterocycles. The highest BCUT2D eigenvalue weighted by atomic mass is 15.0. The third-order valence-electron chi connectivity index (χ3n) is 10.8. The van der Waals surface area contributed by atoms with Crippen LogP contribution in [0.15, 0.2) is 195 Å². The van der Waals surface area contributed by atoms with Crippen molar-refractivity contribution in [2.75, 3.05) is 0 Å². The Morgan fingerprint density at radius 3 is 1.36 bits per heavy atom. The molecule has 6 nitrogen and oxygen atoms in total. The zero-order valence-electron chi connectivity index (χ0n) is 30.2. The van der Waals surface area contributed by atoms with E-state index in [-0.39, 0.29) is 0 Å². The lowest BCUT2D eigenvalue weighted by Crippen LogP contribution is -1.96. The number of rotatable bonds is 6. The Labute approximate surface area is 322 Å². The molecule has 0 aliphatic carbocycles. The van der Waals surface area contributed by atoms with Gasteiger partial charge in [-0.25, -0.2) is 19.9 Å². The van der Waals surface area contributed by atoms with Crippen molar-refractivity contribution < 1.29 is 0 Å². The van der Waals surface area contributed by atoms with Crippen molar-refractivity contribution in [3.05, 3.63) is 195 Å². The number of para-hydroxylation sites is 2. The second-order valence-corrected chi connectivity index (χ2v) is 14.0. The minimum absolute atomic E-state index is 0.722. The van der Waals surface area contributed by atoms with Gasteiger partial charge in [0.05, 0.1) is 22.1 Å². The molecule has 11 aromatic rings. The highest BCUT2D eigenvalue weighted by Crippen LogP contribution is 2.42. The highest BCUT2D eigenvalue weighted by molar-refractivity contribution is 6.26. The smallest absolute Gasteiger partial charge is 0.159 e. The van der Waals surface area contributed by atoms with Gasteiger partial charge in [-0.3, -0.25) is 0 Å².